The molecule has 108 valence electrons. The maximum absolute atomic E-state index is 11.6. The molecule has 0 unspecified atom stereocenters. The van der Waals surface area contributed by atoms with E-state index in [1.54, 1.807) is 6.07 Å². The van der Waals surface area contributed by atoms with Gasteiger partial charge in [0, 0.05) is 5.69 Å². The van der Waals surface area contributed by atoms with Gasteiger partial charge in [0.2, 0.25) is 0 Å². The second-order valence-electron chi connectivity index (χ2n) is 4.91. The minimum Gasteiger partial charge on any atom is -0.464 e. The molecule has 1 aliphatic carbocycles. The Labute approximate surface area is 132 Å². The van der Waals surface area contributed by atoms with Crippen molar-refractivity contribution in [1.29, 1.82) is 0 Å². The van der Waals surface area contributed by atoms with Crippen molar-refractivity contribution in [3.8, 4) is 0 Å². The average Bonchev–Trinajstić information content (AvgIpc) is 3.04. The van der Waals surface area contributed by atoms with E-state index in [1.807, 2.05) is 18.2 Å². The molecule has 2 aromatic rings. The predicted octanol–water partition coefficient (Wildman–Crippen LogP) is 4.59. The maximum Gasteiger partial charge on any atom is 0.354 e. The van der Waals surface area contributed by atoms with Crippen molar-refractivity contribution in [2.45, 2.75) is 12.8 Å². The molecule has 0 spiro atoms. The van der Waals surface area contributed by atoms with Crippen LogP contribution in [0.3, 0.4) is 0 Å². The Morgan fingerprint density at radius 3 is 2.76 bits per heavy atom. The number of benzene rings is 1. The van der Waals surface area contributed by atoms with Gasteiger partial charge in [0.05, 0.1) is 17.2 Å². The van der Waals surface area contributed by atoms with E-state index < -0.39 is 0 Å². The first-order chi connectivity index (χ1) is 10.1. The van der Waals surface area contributed by atoms with E-state index in [0.717, 1.165) is 29.7 Å². The predicted molar refractivity (Wildman–Crippen MR) is 84.8 cm³/mol. The number of aromatic nitrogens is 1. The fourth-order valence-corrected chi connectivity index (χ4v) is 2.86. The van der Waals surface area contributed by atoms with Crippen LogP contribution in [-0.4, -0.2) is 18.1 Å². The Kier molecular flexibility index (Phi) is 3.79. The van der Waals surface area contributed by atoms with Crippen molar-refractivity contribution < 1.29 is 9.53 Å². The number of rotatable bonds is 2. The van der Waals surface area contributed by atoms with Gasteiger partial charge in [0.25, 0.3) is 0 Å². The topological polar surface area (TPSA) is 42.1 Å². The van der Waals surface area contributed by atoms with Crippen LogP contribution in [0.1, 0.15) is 33.7 Å². The largest absolute Gasteiger partial charge is 0.464 e. The number of methoxy groups -OCH3 is 1. The molecule has 1 aromatic carbocycles. The lowest BCUT2D eigenvalue weighted by molar-refractivity contribution is 0.0594. The summed E-state index contributed by atoms with van der Waals surface area (Å²) in [7, 11) is 1.38. The van der Waals surface area contributed by atoms with Gasteiger partial charge in [-0.05, 0) is 47.7 Å². The summed E-state index contributed by atoms with van der Waals surface area (Å²) in [6.07, 6.45) is 3.89. The zero-order valence-electron chi connectivity index (χ0n) is 11.4. The molecule has 0 bridgehead atoms. The molecule has 3 rings (SSSR count). The molecule has 0 radical (unpaired) electrons. The first kappa shape index (κ1) is 14.2. The molecule has 0 atom stereocenters. The molecule has 3 nitrogen and oxygen atoms in total. The summed E-state index contributed by atoms with van der Waals surface area (Å²) in [5, 5.41) is 1.08. The Morgan fingerprint density at radius 1 is 1.24 bits per heavy atom. The van der Waals surface area contributed by atoms with Crippen molar-refractivity contribution in [2.75, 3.05) is 7.11 Å². The third kappa shape index (κ3) is 2.71. The van der Waals surface area contributed by atoms with E-state index in [2.05, 4.69) is 11.1 Å². The van der Waals surface area contributed by atoms with Gasteiger partial charge in [-0.25, -0.2) is 4.79 Å². The number of ether oxygens (including phenoxy) is 1. The van der Waals surface area contributed by atoms with E-state index in [-0.39, 0.29) is 5.97 Å². The van der Waals surface area contributed by atoms with Crippen molar-refractivity contribution in [3.63, 3.8) is 0 Å². The highest BCUT2D eigenvalue weighted by molar-refractivity contribution is 6.42. The van der Waals surface area contributed by atoms with E-state index in [0.29, 0.717) is 15.7 Å². The molecule has 0 fully saturated rings. The Bertz CT molecular complexity index is 747. The fraction of sp³-hybridized carbons (Fsp3) is 0.188. The van der Waals surface area contributed by atoms with Crippen molar-refractivity contribution in [1.82, 2.24) is 4.98 Å². The van der Waals surface area contributed by atoms with Gasteiger partial charge in [-0.1, -0.05) is 35.3 Å². The van der Waals surface area contributed by atoms with Crippen LogP contribution in [0.2, 0.25) is 10.0 Å². The summed E-state index contributed by atoms with van der Waals surface area (Å²) in [4.78, 5) is 14.7. The molecular formula is C16H13Cl2NO2. The molecule has 1 heterocycles. The molecular weight excluding hydrogens is 309 g/mol. The highest BCUT2D eigenvalue weighted by Gasteiger charge is 2.21. The van der Waals surface area contributed by atoms with Gasteiger partial charge in [-0.3, -0.25) is 0 Å². The summed E-state index contributed by atoms with van der Waals surface area (Å²) >= 11 is 12.0. The lowest BCUT2D eigenvalue weighted by Gasteiger charge is -2.01. The fourth-order valence-electron chi connectivity index (χ4n) is 2.55. The van der Waals surface area contributed by atoms with Crippen LogP contribution in [0.4, 0.5) is 0 Å². The Balaban J connectivity index is 1.96. The number of hydrogen-bond acceptors (Lipinski definition) is 2. The summed E-state index contributed by atoms with van der Waals surface area (Å²) < 4.78 is 4.73. The third-order valence-electron chi connectivity index (χ3n) is 3.58. The zero-order valence-corrected chi connectivity index (χ0v) is 12.9. The first-order valence-corrected chi connectivity index (χ1v) is 7.30. The maximum atomic E-state index is 11.6. The standard InChI is InChI=1S/C16H13Cl2NO2/c1-21-16(20)15-8-11-10(3-5-14(11)19-15)6-9-2-4-12(17)13(18)7-9/h2,4,6-8,19H,3,5H2,1H3. The number of carbonyl (C=O) groups excluding carboxylic acids is 1. The van der Waals surface area contributed by atoms with E-state index in [1.165, 1.54) is 12.7 Å². The highest BCUT2D eigenvalue weighted by atomic mass is 35.5. The van der Waals surface area contributed by atoms with Crippen LogP contribution in [-0.2, 0) is 11.2 Å². The quantitative estimate of drug-likeness (QED) is 0.821. The molecule has 0 amide bonds. The number of allylic oxidation sites excluding steroid dienone is 1. The smallest absolute Gasteiger partial charge is 0.354 e. The molecule has 0 saturated carbocycles. The third-order valence-corrected chi connectivity index (χ3v) is 4.32. The van der Waals surface area contributed by atoms with Crippen LogP contribution < -0.4 is 0 Å². The zero-order chi connectivity index (χ0) is 15.0. The van der Waals surface area contributed by atoms with Crippen LogP contribution in [0.15, 0.2) is 24.3 Å². The van der Waals surface area contributed by atoms with Gasteiger partial charge in [0.1, 0.15) is 5.69 Å². The summed E-state index contributed by atoms with van der Waals surface area (Å²) in [6, 6.07) is 7.39. The minimum atomic E-state index is -0.349. The lowest BCUT2D eigenvalue weighted by atomic mass is 10.1. The van der Waals surface area contributed by atoms with Crippen LogP contribution in [0.25, 0.3) is 11.6 Å². The number of halogens is 2. The van der Waals surface area contributed by atoms with Crippen LogP contribution >= 0.6 is 23.2 Å². The van der Waals surface area contributed by atoms with Crippen molar-refractivity contribution in [3.05, 3.63) is 56.8 Å². The second kappa shape index (κ2) is 5.58. The molecule has 1 N–H and O–H groups in total. The van der Waals surface area contributed by atoms with E-state index in [9.17, 15) is 4.79 Å². The van der Waals surface area contributed by atoms with Crippen molar-refractivity contribution in [2.24, 2.45) is 0 Å². The number of hydrogen-bond donors (Lipinski definition) is 1. The number of esters is 1. The van der Waals surface area contributed by atoms with E-state index >= 15 is 0 Å². The Morgan fingerprint density at radius 2 is 2.05 bits per heavy atom. The summed E-state index contributed by atoms with van der Waals surface area (Å²) in [5.41, 5.74) is 4.80. The molecule has 1 aromatic heterocycles. The monoisotopic (exact) mass is 321 g/mol. The lowest BCUT2D eigenvalue weighted by Crippen LogP contribution is -2.01. The van der Waals surface area contributed by atoms with Gasteiger partial charge in [0.15, 0.2) is 0 Å². The molecule has 0 saturated heterocycles. The normalized spacial score (nSPS) is 15.3. The Hall–Kier alpha value is -1.71. The van der Waals surface area contributed by atoms with Gasteiger partial charge in [-0.15, -0.1) is 0 Å². The number of aromatic amines is 1. The summed E-state index contributed by atoms with van der Waals surface area (Å²) in [6.45, 7) is 0. The number of carbonyl (C=O) groups is 1. The van der Waals surface area contributed by atoms with E-state index in [4.69, 9.17) is 27.9 Å². The van der Waals surface area contributed by atoms with Gasteiger partial charge >= 0.3 is 5.97 Å². The SMILES string of the molecule is COC(=O)c1cc2c([nH]1)CCC2=Cc1ccc(Cl)c(Cl)c1. The van der Waals surface area contributed by atoms with Crippen molar-refractivity contribution >= 4 is 40.8 Å². The second-order valence-corrected chi connectivity index (χ2v) is 5.72. The number of H-pyrrole nitrogens is 1. The van der Waals surface area contributed by atoms with Gasteiger partial charge < -0.3 is 9.72 Å². The number of fused-ring (bicyclic) bond motifs is 1. The minimum absolute atomic E-state index is 0.349. The first-order valence-electron chi connectivity index (χ1n) is 6.54. The number of nitrogens with one attached hydrogen (secondary N) is 1. The average molecular weight is 322 g/mol. The van der Waals surface area contributed by atoms with Crippen LogP contribution in [0, 0.1) is 0 Å². The molecule has 1 aliphatic rings. The summed E-state index contributed by atoms with van der Waals surface area (Å²) in [5.74, 6) is -0.349. The molecule has 0 aliphatic heterocycles. The highest BCUT2D eigenvalue weighted by Crippen LogP contribution is 2.35. The molecule has 5 heteroatoms. The van der Waals surface area contributed by atoms with Crippen LogP contribution in [0.5, 0.6) is 0 Å². The van der Waals surface area contributed by atoms with Gasteiger partial charge in [-0.2, -0.15) is 0 Å². The molecule has 21 heavy (non-hydrogen) atoms. The number of aryl methyl sites for hydroxylation is 1.